The van der Waals surface area contributed by atoms with Gasteiger partial charge in [0.05, 0.1) is 7.11 Å². The standard InChI is InChI=1S/C16H26N2O/c1-12-10-16(19-3)13(2)9-14(12)15(17)11-18-7-5-4-6-8-18/h9-10,15H,4-8,11,17H2,1-3H3. The highest BCUT2D eigenvalue weighted by Crippen LogP contribution is 2.26. The Kier molecular flexibility index (Phi) is 4.83. The maximum Gasteiger partial charge on any atom is 0.122 e. The van der Waals surface area contributed by atoms with Gasteiger partial charge in [-0.1, -0.05) is 12.5 Å². The van der Waals surface area contributed by atoms with E-state index in [1.165, 1.54) is 43.5 Å². The zero-order valence-corrected chi connectivity index (χ0v) is 12.4. The lowest BCUT2D eigenvalue weighted by molar-refractivity contribution is 0.216. The molecule has 0 aromatic heterocycles. The summed E-state index contributed by atoms with van der Waals surface area (Å²) in [5.74, 6) is 0.950. The Hall–Kier alpha value is -1.06. The topological polar surface area (TPSA) is 38.5 Å². The third-order valence-electron chi connectivity index (χ3n) is 4.09. The van der Waals surface area contributed by atoms with Crippen LogP contribution in [0.5, 0.6) is 5.75 Å². The normalized spacial score (nSPS) is 18.3. The van der Waals surface area contributed by atoms with E-state index in [1.54, 1.807) is 7.11 Å². The number of hydrogen-bond acceptors (Lipinski definition) is 3. The number of likely N-dealkylation sites (tertiary alicyclic amines) is 1. The molecule has 1 heterocycles. The second-order valence-electron chi connectivity index (χ2n) is 5.65. The van der Waals surface area contributed by atoms with Gasteiger partial charge in [0.1, 0.15) is 5.75 Å². The average molecular weight is 262 g/mol. The summed E-state index contributed by atoms with van der Waals surface area (Å²) in [5, 5.41) is 0. The minimum atomic E-state index is 0.0997. The predicted molar refractivity (Wildman–Crippen MR) is 79.7 cm³/mol. The number of rotatable bonds is 4. The molecule has 1 atom stereocenters. The van der Waals surface area contributed by atoms with Crippen LogP contribution in [-0.4, -0.2) is 31.6 Å². The van der Waals surface area contributed by atoms with Crippen molar-refractivity contribution in [1.29, 1.82) is 0 Å². The fraction of sp³-hybridized carbons (Fsp3) is 0.625. The minimum Gasteiger partial charge on any atom is -0.496 e. The van der Waals surface area contributed by atoms with Crippen molar-refractivity contribution < 1.29 is 4.74 Å². The summed E-state index contributed by atoms with van der Waals surface area (Å²) < 4.78 is 5.36. The van der Waals surface area contributed by atoms with Crippen LogP contribution in [0.3, 0.4) is 0 Å². The predicted octanol–water partition coefficient (Wildman–Crippen LogP) is 2.80. The Morgan fingerprint density at radius 3 is 2.47 bits per heavy atom. The molecular formula is C16H26N2O. The molecule has 1 fully saturated rings. The molecular weight excluding hydrogens is 236 g/mol. The molecule has 0 saturated carbocycles. The molecule has 3 heteroatoms. The van der Waals surface area contributed by atoms with E-state index < -0.39 is 0 Å². The second-order valence-corrected chi connectivity index (χ2v) is 5.65. The molecule has 0 radical (unpaired) electrons. The first kappa shape index (κ1) is 14.4. The van der Waals surface area contributed by atoms with Crippen molar-refractivity contribution in [2.75, 3.05) is 26.7 Å². The number of nitrogens with zero attached hydrogens (tertiary/aromatic N) is 1. The van der Waals surface area contributed by atoms with Crippen molar-refractivity contribution in [2.45, 2.75) is 39.2 Å². The van der Waals surface area contributed by atoms with Crippen molar-refractivity contribution in [3.05, 3.63) is 28.8 Å². The van der Waals surface area contributed by atoms with Gasteiger partial charge in [0.25, 0.3) is 0 Å². The van der Waals surface area contributed by atoms with Crippen LogP contribution in [0.2, 0.25) is 0 Å². The van der Waals surface area contributed by atoms with Crippen molar-refractivity contribution >= 4 is 0 Å². The van der Waals surface area contributed by atoms with Gasteiger partial charge in [0.2, 0.25) is 0 Å². The molecule has 2 rings (SSSR count). The van der Waals surface area contributed by atoms with Gasteiger partial charge in [0, 0.05) is 12.6 Å². The molecule has 1 aliphatic heterocycles. The Balaban J connectivity index is 2.09. The number of ether oxygens (including phenoxy) is 1. The van der Waals surface area contributed by atoms with E-state index in [4.69, 9.17) is 10.5 Å². The lowest BCUT2D eigenvalue weighted by Gasteiger charge is -2.29. The molecule has 1 saturated heterocycles. The van der Waals surface area contributed by atoms with Crippen LogP contribution in [0.1, 0.15) is 42.0 Å². The first-order chi connectivity index (χ1) is 9.11. The van der Waals surface area contributed by atoms with Gasteiger partial charge in [-0.25, -0.2) is 0 Å². The Labute approximate surface area is 116 Å². The van der Waals surface area contributed by atoms with E-state index in [0.29, 0.717) is 0 Å². The monoisotopic (exact) mass is 262 g/mol. The molecule has 0 spiro atoms. The zero-order valence-electron chi connectivity index (χ0n) is 12.4. The summed E-state index contributed by atoms with van der Waals surface area (Å²) in [5.41, 5.74) is 10.1. The van der Waals surface area contributed by atoms with Crippen LogP contribution in [0, 0.1) is 13.8 Å². The second kappa shape index (κ2) is 6.40. The third-order valence-corrected chi connectivity index (χ3v) is 4.09. The van der Waals surface area contributed by atoms with Crippen LogP contribution in [0.15, 0.2) is 12.1 Å². The Morgan fingerprint density at radius 2 is 1.84 bits per heavy atom. The molecule has 0 aliphatic carbocycles. The molecule has 0 amide bonds. The lowest BCUT2D eigenvalue weighted by Crippen LogP contribution is -2.36. The molecule has 0 bridgehead atoms. The SMILES string of the molecule is COc1cc(C)c(C(N)CN2CCCCC2)cc1C. The summed E-state index contributed by atoms with van der Waals surface area (Å²) in [7, 11) is 1.72. The molecule has 1 unspecified atom stereocenters. The summed E-state index contributed by atoms with van der Waals surface area (Å²) in [6.07, 6.45) is 3.99. The number of piperidine rings is 1. The van der Waals surface area contributed by atoms with Crippen LogP contribution >= 0.6 is 0 Å². The number of methoxy groups -OCH3 is 1. The van der Waals surface area contributed by atoms with Crippen molar-refractivity contribution in [3.8, 4) is 5.75 Å². The van der Waals surface area contributed by atoms with Gasteiger partial charge in [0.15, 0.2) is 0 Å². The summed E-state index contributed by atoms with van der Waals surface area (Å²) in [6.45, 7) is 7.55. The van der Waals surface area contributed by atoms with E-state index in [1.807, 2.05) is 0 Å². The van der Waals surface area contributed by atoms with Crippen molar-refractivity contribution in [1.82, 2.24) is 4.90 Å². The number of aryl methyl sites for hydroxylation is 2. The van der Waals surface area contributed by atoms with Gasteiger partial charge in [-0.3, -0.25) is 0 Å². The van der Waals surface area contributed by atoms with Gasteiger partial charge < -0.3 is 15.4 Å². The van der Waals surface area contributed by atoms with E-state index in [0.717, 1.165) is 17.9 Å². The van der Waals surface area contributed by atoms with E-state index in [9.17, 15) is 0 Å². The number of hydrogen-bond donors (Lipinski definition) is 1. The fourth-order valence-electron chi connectivity index (χ4n) is 2.95. The van der Waals surface area contributed by atoms with E-state index in [-0.39, 0.29) is 6.04 Å². The number of benzene rings is 1. The number of nitrogens with two attached hydrogens (primary N) is 1. The Bertz CT molecular complexity index is 425. The van der Waals surface area contributed by atoms with Crippen LogP contribution in [-0.2, 0) is 0 Å². The molecule has 106 valence electrons. The maximum atomic E-state index is 6.40. The summed E-state index contributed by atoms with van der Waals surface area (Å²) >= 11 is 0. The van der Waals surface area contributed by atoms with Gasteiger partial charge in [-0.15, -0.1) is 0 Å². The minimum absolute atomic E-state index is 0.0997. The molecule has 3 nitrogen and oxygen atoms in total. The maximum absolute atomic E-state index is 6.40. The summed E-state index contributed by atoms with van der Waals surface area (Å²) in [6, 6.07) is 4.38. The lowest BCUT2D eigenvalue weighted by atomic mass is 9.97. The van der Waals surface area contributed by atoms with E-state index in [2.05, 4.69) is 30.9 Å². The van der Waals surface area contributed by atoms with Crippen LogP contribution in [0.25, 0.3) is 0 Å². The van der Waals surface area contributed by atoms with Crippen molar-refractivity contribution in [2.24, 2.45) is 5.73 Å². The highest BCUT2D eigenvalue weighted by Gasteiger charge is 2.17. The fourth-order valence-corrected chi connectivity index (χ4v) is 2.95. The Morgan fingerprint density at radius 1 is 1.16 bits per heavy atom. The molecule has 19 heavy (non-hydrogen) atoms. The zero-order chi connectivity index (χ0) is 13.8. The molecule has 1 aromatic rings. The molecule has 2 N–H and O–H groups in total. The molecule has 1 aliphatic rings. The first-order valence-electron chi connectivity index (χ1n) is 7.25. The van der Waals surface area contributed by atoms with Gasteiger partial charge in [-0.05, 0) is 62.5 Å². The van der Waals surface area contributed by atoms with Crippen molar-refractivity contribution in [3.63, 3.8) is 0 Å². The average Bonchev–Trinajstić information content (AvgIpc) is 2.42. The first-order valence-corrected chi connectivity index (χ1v) is 7.25. The largest absolute Gasteiger partial charge is 0.496 e. The third kappa shape index (κ3) is 3.48. The van der Waals surface area contributed by atoms with Gasteiger partial charge >= 0.3 is 0 Å². The highest BCUT2D eigenvalue weighted by molar-refractivity contribution is 5.42. The van der Waals surface area contributed by atoms with Crippen LogP contribution in [0.4, 0.5) is 0 Å². The smallest absolute Gasteiger partial charge is 0.122 e. The van der Waals surface area contributed by atoms with Gasteiger partial charge in [-0.2, -0.15) is 0 Å². The van der Waals surface area contributed by atoms with E-state index >= 15 is 0 Å². The molecule has 1 aromatic carbocycles. The quantitative estimate of drug-likeness (QED) is 0.907. The van der Waals surface area contributed by atoms with Crippen LogP contribution < -0.4 is 10.5 Å². The summed E-state index contributed by atoms with van der Waals surface area (Å²) in [4.78, 5) is 2.49. The highest BCUT2D eigenvalue weighted by atomic mass is 16.5.